The molecule has 0 radical (unpaired) electrons. The Bertz CT molecular complexity index is 358. The third-order valence-corrected chi connectivity index (χ3v) is 2.56. The van der Waals surface area contributed by atoms with Gasteiger partial charge in [0.2, 0.25) is 0 Å². The van der Waals surface area contributed by atoms with E-state index in [1.807, 2.05) is 0 Å². The molecule has 1 aromatic carbocycles. The SMILES string of the molecule is COC(C[C@@H](O)c1ccc(C(F)(F)F)cc1)OC. The lowest BCUT2D eigenvalue weighted by Gasteiger charge is -2.18. The van der Waals surface area contributed by atoms with Crippen molar-refractivity contribution in [3.05, 3.63) is 35.4 Å². The highest BCUT2D eigenvalue weighted by molar-refractivity contribution is 5.26. The quantitative estimate of drug-likeness (QED) is 0.831. The number of aliphatic hydroxyl groups excluding tert-OH is 1. The fraction of sp³-hybridized carbons (Fsp3) is 0.500. The zero-order valence-corrected chi connectivity index (χ0v) is 10.1. The summed E-state index contributed by atoms with van der Waals surface area (Å²) in [5, 5.41) is 9.81. The van der Waals surface area contributed by atoms with Crippen LogP contribution in [0.1, 0.15) is 23.7 Å². The summed E-state index contributed by atoms with van der Waals surface area (Å²) in [7, 11) is 2.85. The number of halogens is 3. The predicted octanol–water partition coefficient (Wildman–Crippen LogP) is 2.75. The maximum atomic E-state index is 12.3. The highest BCUT2D eigenvalue weighted by Crippen LogP contribution is 2.30. The zero-order chi connectivity index (χ0) is 13.8. The molecule has 0 fully saturated rings. The molecule has 0 saturated heterocycles. The summed E-state index contributed by atoms with van der Waals surface area (Å²) in [6.45, 7) is 0. The summed E-state index contributed by atoms with van der Waals surface area (Å²) in [5.74, 6) is 0. The van der Waals surface area contributed by atoms with Crippen molar-refractivity contribution in [1.82, 2.24) is 0 Å². The predicted molar refractivity (Wildman–Crippen MR) is 58.8 cm³/mol. The Kier molecular flexibility index (Phi) is 5.13. The Balaban J connectivity index is 2.73. The second-order valence-corrected chi connectivity index (χ2v) is 3.77. The molecule has 3 nitrogen and oxygen atoms in total. The van der Waals surface area contributed by atoms with Crippen LogP contribution in [0.15, 0.2) is 24.3 Å². The van der Waals surface area contributed by atoms with Gasteiger partial charge in [-0.3, -0.25) is 0 Å². The topological polar surface area (TPSA) is 38.7 Å². The Morgan fingerprint density at radius 3 is 2.00 bits per heavy atom. The van der Waals surface area contributed by atoms with Gasteiger partial charge in [-0.2, -0.15) is 13.2 Å². The molecule has 6 heteroatoms. The number of benzene rings is 1. The lowest BCUT2D eigenvalue weighted by molar-refractivity contribution is -0.137. The third kappa shape index (κ3) is 3.97. The number of hydrogen-bond acceptors (Lipinski definition) is 3. The molecule has 1 rings (SSSR count). The van der Waals surface area contributed by atoms with E-state index in [1.165, 1.54) is 26.4 Å². The molecule has 0 aromatic heterocycles. The van der Waals surface area contributed by atoms with Gasteiger partial charge in [-0.1, -0.05) is 12.1 Å². The van der Waals surface area contributed by atoms with Crippen molar-refractivity contribution < 1.29 is 27.8 Å². The highest BCUT2D eigenvalue weighted by Gasteiger charge is 2.30. The largest absolute Gasteiger partial charge is 0.416 e. The van der Waals surface area contributed by atoms with Crippen LogP contribution in [0.5, 0.6) is 0 Å². The van der Waals surface area contributed by atoms with Crippen LogP contribution in [0.2, 0.25) is 0 Å². The van der Waals surface area contributed by atoms with Crippen molar-refractivity contribution in [2.75, 3.05) is 14.2 Å². The molecule has 0 saturated carbocycles. The van der Waals surface area contributed by atoms with Crippen LogP contribution in [0.3, 0.4) is 0 Å². The minimum absolute atomic E-state index is 0.151. The second kappa shape index (κ2) is 6.17. The monoisotopic (exact) mass is 264 g/mol. The van der Waals surface area contributed by atoms with Crippen molar-refractivity contribution in [3.8, 4) is 0 Å². The summed E-state index contributed by atoms with van der Waals surface area (Å²) >= 11 is 0. The summed E-state index contributed by atoms with van der Waals surface area (Å²) in [4.78, 5) is 0. The van der Waals surface area contributed by atoms with Crippen LogP contribution in [-0.2, 0) is 15.7 Å². The van der Waals surface area contributed by atoms with E-state index in [-0.39, 0.29) is 6.42 Å². The van der Waals surface area contributed by atoms with Gasteiger partial charge in [-0.05, 0) is 17.7 Å². The molecule has 0 bridgehead atoms. The summed E-state index contributed by atoms with van der Waals surface area (Å²) in [6, 6.07) is 4.37. The van der Waals surface area contributed by atoms with Crippen molar-refractivity contribution in [1.29, 1.82) is 0 Å². The van der Waals surface area contributed by atoms with Crippen molar-refractivity contribution in [2.24, 2.45) is 0 Å². The molecule has 1 aromatic rings. The van der Waals surface area contributed by atoms with Gasteiger partial charge in [0.05, 0.1) is 11.7 Å². The highest BCUT2D eigenvalue weighted by atomic mass is 19.4. The van der Waals surface area contributed by atoms with Gasteiger partial charge in [0, 0.05) is 20.6 Å². The third-order valence-electron chi connectivity index (χ3n) is 2.56. The standard InChI is InChI=1S/C12H15F3O3/c1-17-11(18-2)7-10(16)8-3-5-9(6-4-8)12(13,14)15/h3-6,10-11,16H,7H2,1-2H3/t10-/m1/s1. The molecular formula is C12H15F3O3. The van der Waals surface area contributed by atoms with E-state index >= 15 is 0 Å². The number of alkyl halides is 3. The maximum Gasteiger partial charge on any atom is 0.416 e. The Hall–Kier alpha value is -1.11. The zero-order valence-electron chi connectivity index (χ0n) is 10.1. The Morgan fingerprint density at radius 1 is 1.11 bits per heavy atom. The van der Waals surface area contributed by atoms with Gasteiger partial charge >= 0.3 is 6.18 Å². The Morgan fingerprint density at radius 2 is 1.61 bits per heavy atom. The molecule has 0 amide bonds. The van der Waals surface area contributed by atoms with E-state index in [9.17, 15) is 18.3 Å². The fourth-order valence-corrected chi connectivity index (χ4v) is 1.50. The van der Waals surface area contributed by atoms with Crippen molar-refractivity contribution in [2.45, 2.75) is 25.0 Å². The molecule has 0 aliphatic rings. The smallest absolute Gasteiger partial charge is 0.388 e. The van der Waals surface area contributed by atoms with Gasteiger partial charge < -0.3 is 14.6 Å². The average Bonchev–Trinajstić information content (AvgIpc) is 2.34. The maximum absolute atomic E-state index is 12.3. The molecule has 102 valence electrons. The molecule has 0 aliphatic heterocycles. The van der Waals surface area contributed by atoms with Crippen LogP contribution < -0.4 is 0 Å². The first-order valence-corrected chi connectivity index (χ1v) is 5.29. The van der Waals surface area contributed by atoms with Crippen LogP contribution in [0.25, 0.3) is 0 Å². The second-order valence-electron chi connectivity index (χ2n) is 3.77. The van der Waals surface area contributed by atoms with Gasteiger partial charge in [0.25, 0.3) is 0 Å². The number of ether oxygens (including phenoxy) is 2. The van der Waals surface area contributed by atoms with E-state index in [1.54, 1.807) is 0 Å². The summed E-state index contributed by atoms with van der Waals surface area (Å²) in [5.41, 5.74) is -0.351. The summed E-state index contributed by atoms with van der Waals surface area (Å²) < 4.78 is 46.8. The first-order valence-electron chi connectivity index (χ1n) is 5.29. The lowest BCUT2D eigenvalue weighted by Crippen LogP contribution is -2.17. The average molecular weight is 264 g/mol. The van der Waals surface area contributed by atoms with Gasteiger partial charge in [0.1, 0.15) is 0 Å². The molecule has 18 heavy (non-hydrogen) atoms. The molecular weight excluding hydrogens is 249 g/mol. The van der Waals surface area contributed by atoms with Crippen molar-refractivity contribution >= 4 is 0 Å². The molecule has 0 unspecified atom stereocenters. The van der Waals surface area contributed by atoms with E-state index in [4.69, 9.17) is 9.47 Å². The van der Waals surface area contributed by atoms with E-state index < -0.39 is 24.1 Å². The minimum Gasteiger partial charge on any atom is -0.388 e. The van der Waals surface area contributed by atoms with Crippen LogP contribution in [-0.4, -0.2) is 25.6 Å². The van der Waals surface area contributed by atoms with Crippen LogP contribution in [0, 0.1) is 0 Å². The molecule has 0 aliphatic carbocycles. The first-order chi connectivity index (χ1) is 8.38. The molecule has 0 heterocycles. The molecule has 1 atom stereocenters. The molecule has 1 N–H and O–H groups in total. The number of methoxy groups -OCH3 is 2. The van der Waals surface area contributed by atoms with Gasteiger partial charge in [-0.15, -0.1) is 0 Å². The molecule has 0 spiro atoms. The number of hydrogen-bond donors (Lipinski definition) is 1. The number of rotatable bonds is 5. The first kappa shape index (κ1) is 14.9. The van der Waals surface area contributed by atoms with Gasteiger partial charge in [0.15, 0.2) is 6.29 Å². The van der Waals surface area contributed by atoms with Crippen LogP contribution in [0.4, 0.5) is 13.2 Å². The fourth-order valence-electron chi connectivity index (χ4n) is 1.50. The normalized spacial score (nSPS) is 13.9. The van der Waals surface area contributed by atoms with E-state index in [0.29, 0.717) is 5.56 Å². The number of aliphatic hydroxyl groups is 1. The summed E-state index contributed by atoms with van der Waals surface area (Å²) in [6.07, 6.45) is -5.75. The van der Waals surface area contributed by atoms with E-state index in [0.717, 1.165) is 12.1 Å². The Labute approximate surface area is 103 Å². The minimum atomic E-state index is -4.37. The van der Waals surface area contributed by atoms with Crippen LogP contribution >= 0.6 is 0 Å². The van der Waals surface area contributed by atoms with E-state index in [2.05, 4.69) is 0 Å². The van der Waals surface area contributed by atoms with Crippen molar-refractivity contribution in [3.63, 3.8) is 0 Å². The van der Waals surface area contributed by atoms with Gasteiger partial charge in [-0.25, -0.2) is 0 Å². The lowest BCUT2D eigenvalue weighted by atomic mass is 10.0.